The molecule has 2 rings (SSSR count). The SMILES string of the molecule is Cc1cnc(NC(=O)c2cc(O)cc(OC(C)(C)OC(F)F)c2)cn1. The van der Waals surface area contributed by atoms with Gasteiger partial charge in [-0.1, -0.05) is 0 Å². The highest BCUT2D eigenvalue weighted by molar-refractivity contribution is 6.04. The summed E-state index contributed by atoms with van der Waals surface area (Å²) in [6, 6.07) is 3.66. The van der Waals surface area contributed by atoms with Gasteiger partial charge in [0.1, 0.15) is 11.5 Å². The van der Waals surface area contributed by atoms with Crippen LogP contribution in [0.2, 0.25) is 0 Å². The Morgan fingerprint density at radius 1 is 1.24 bits per heavy atom. The van der Waals surface area contributed by atoms with Crippen molar-refractivity contribution in [3.8, 4) is 11.5 Å². The fourth-order valence-corrected chi connectivity index (χ4v) is 1.94. The van der Waals surface area contributed by atoms with Gasteiger partial charge in [-0.3, -0.25) is 14.5 Å². The van der Waals surface area contributed by atoms with Crippen LogP contribution in [0.4, 0.5) is 14.6 Å². The number of rotatable bonds is 6. The van der Waals surface area contributed by atoms with E-state index in [-0.39, 0.29) is 22.9 Å². The van der Waals surface area contributed by atoms with Crippen LogP contribution in [0, 0.1) is 6.92 Å². The van der Waals surface area contributed by atoms with Crippen molar-refractivity contribution in [3.63, 3.8) is 0 Å². The van der Waals surface area contributed by atoms with Crippen LogP contribution >= 0.6 is 0 Å². The Balaban J connectivity index is 2.17. The molecule has 1 aromatic heterocycles. The molecule has 0 aliphatic carbocycles. The summed E-state index contributed by atoms with van der Waals surface area (Å²) < 4.78 is 34.3. The highest BCUT2D eigenvalue weighted by atomic mass is 19.3. The van der Waals surface area contributed by atoms with Crippen LogP contribution in [-0.2, 0) is 4.74 Å². The third kappa shape index (κ3) is 5.64. The number of amides is 1. The number of carbonyl (C=O) groups is 1. The molecule has 9 heteroatoms. The number of phenols is 1. The molecule has 0 unspecified atom stereocenters. The Labute approximate surface area is 142 Å². The van der Waals surface area contributed by atoms with Gasteiger partial charge in [0.05, 0.1) is 18.1 Å². The molecule has 2 aromatic rings. The molecule has 25 heavy (non-hydrogen) atoms. The van der Waals surface area contributed by atoms with Gasteiger partial charge in [-0.15, -0.1) is 0 Å². The van der Waals surface area contributed by atoms with E-state index in [9.17, 15) is 18.7 Å². The first-order valence-electron chi connectivity index (χ1n) is 7.24. The quantitative estimate of drug-likeness (QED) is 0.775. The summed E-state index contributed by atoms with van der Waals surface area (Å²) in [6.07, 6.45) is 2.86. The van der Waals surface area contributed by atoms with Gasteiger partial charge in [-0.25, -0.2) is 4.98 Å². The van der Waals surface area contributed by atoms with Crippen molar-refractivity contribution < 1.29 is 28.2 Å². The standard InChI is InChI=1S/C16H17F2N3O4/c1-9-7-20-13(8-19-9)21-14(23)10-4-11(22)6-12(5-10)24-16(2,3)25-15(17)18/h4-8,15,22H,1-3H3,(H,20,21,23). The molecule has 0 spiro atoms. The van der Waals surface area contributed by atoms with E-state index in [2.05, 4.69) is 20.0 Å². The van der Waals surface area contributed by atoms with E-state index in [1.54, 1.807) is 6.92 Å². The first kappa shape index (κ1) is 18.5. The lowest BCUT2D eigenvalue weighted by Crippen LogP contribution is -2.33. The molecule has 134 valence electrons. The number of ether oxygens (including phenoxy) is 2. The van der Waals surface area contributed by atoms with E-state index in [1.807, 2.05) is 0 Å². The van der Waals surface area contributed by atoms with Gasteiger partial charge in [0, 0.05) is 25.5 Å². The van der Waals surface area contributed by atoms with Crippen molar-refractivity contribution in [3.05, 3.63) is 41.9 Å². The predicted molar refractivity (Wildman–Crippen MR) is 84.6 cm³/mol. The number of anilines is 1. The Morgan fingerprint density at radius 2 is 1.96 bits per heavy atom. The highest BCUT2D eigenvalue weighted by Crippen LogP contribution is 2.27. The first-order valence-corrected chi connectivity index (χ1v) is 7.24. The summed E-state index contributed by atoms with van der Waals surface area (Å²) in [5.41, 5.74) is 0.734. The third-order valence-corrected chi connectivity index (χ3v) is 2.91. The molecule has 1 amide bonds. The van der Waals surface area contributed by atoms with Crippen LogP contribution in [0.1, 0.15) is 29.9 Å². The molecule has 7 nitrogen and oxygen atoms in total. The molecule has 0 saturated heterocycles. The van der Waals surface area contributed by atoms with Gasteiger partial charge in [-0.2, -0.15) is 8.78 Å². The highest BCUT2D eigenvalue weighted by Gasteiger charge is 2.26. The fraction of sp³-hybridized carbons (Fsp3) is 0.312. The monoisotopic (exact) mass is 353 g/mol. The maximum atomic E-state index is 12.4. The predicted octanol–water partition coefficient (Wildman–Crippen LogP) is 3.10. The van der Waals surface area contributed by atoms with Gasteiger partial charge in [0.2, 0.25) is 5.79 Å². The van der Waals surface area contributed by atoms with E-state index >= 15 is 0 Å². The molecule has 2 N–H and O–H groups in total. The van der Waals surface area contributed by atoms with Gasteiger partial charge in [0.15, 0.2) is 5.82 Å². The number of halogens is 2. The van der Waals surface area contributed by atoms with Crippen LogP contribution in [0.25, 0.3) is 0 Å². The van der Waals surface area contributed by atoms with Crippen LogP contribution in [0.5, 0.6) is 11.5 Å². The number of hydrogen-bond acceptors (Lipinski definition) is 6. The number of benzene rings is 1. The van der Waals surface area contributed by atoms with Gasteiger partial charge < -0.3 is 15.2 Å². The number of alkyl halides is 2. The van der Waals surface area contributed by atoms with Crippen molar-refractivity contribution in [2.45, 2.75) is 33.2 Å². The summed E-state index contributed by atoms with van der Waals surface area (Å²) in [4.78, 5) is 20.2. The van der Waals surface area contributed by atoms with Crippen LogP contribution < -0.4 is 10.1 Å². The zero-order valence-corrected chi connectivity index (χ0v) is 13.8. The topological polar surface area (TPSA) is 93.6 Å². The summed E-state index contributed by atoms with van der Waals surface area (Å²) in [6.45, 7) is 1.28. The largest absolute Gasteiger partial charge is 0.508 e. The second-order valence-corrected chi connectivity index (χ2v) is 5.59. The number of aromatic hydroxyl groups is 1. The van der Waals surface area contributed by atoms with E-state index in [0.29, 0.717) is 5.69 Å². The molecule has 0 saturated carbocycles. The molecular formula is C16H17F2N3O4. The number of nitrogens with one attached hydrogen (secondary N) is 1. The van der Waals surface area contributed by atoms with Gasteiger partial charge in [0.25, 0.3) is 5.91 Å². The maximum Gasteiger partial charge on any atom is 0.348 e. The second-order valence-electron chi connectivity index (χ2n) is 5.59. The number of aromatic nitrogens is 2. The Kier molecular flexibility index (Phi) is 5.48. The lowest BCUT2D eigenvalue weighted by molar-refractivity contribution is -0.264. The van der Waals surface area contributed by atoms with Crippen molar-refractivity contribution in [2.24, 2.45) is 0 Å². The Morgan fingerprint density at radius 3 is 2.56 bits per heavy atom. The third-order valence-electron chi connectivity index (χ3n) is 2.91. The minimum absolute atomic E-state index is 0.00853. The molecule has 0 atom stereocenters. The molecule has 1 heterocycles. The normalized spacial score (nSPS) is 11.4. The smallest absolute Gasteiger partial charge is 0.348 e. The molecular weight excluding hydrogens is 336 g/mol. The summed E-state index contributed by atoms with van der Waals surface area (Å²) in [5, 5.41) is 12.3. The van der Waals surface area contributed by atoms with E-state index in [1.165, 1.54) is 44.4 Å². The summed E-state index contributed by atoms with van der Waals surface area (Å²) in [5.74, 6) is -2.29. The maximum absolute atomic E-state index is 12.4. The van der Waals surface area contributed by atoms with Crippen molar-refractivity contribution in [2.75, 3.05) is 5.32 Å². The molecule has 1 aromatic carbocycles. The van der Waals surface area contributed by atoms with Gasteiger partial charge in [-0.05, 0) is 19.1 Å². The Bertz CT molecular complexity index is 752. The minimum atomic E-state index is -3.03. The minimum Gasteiger partial charge on any atom is -0.508 e. The van der Waals surface area contributed by atoms with E-state index in [4.69, 9.17) is 4.74 Å². The van der Waals surface area contributed by atoms with Crippen LogP contribution in [-0.4, -0.2) is 33.4 Å². The van der Waals surface area contributed by atoms with E-state index in [0.717, 1.165) is 0 Å². The lowest BCUT2D eigenvalue weighted by atomic mass is 10.2. The summed E-state index contributed by atoms with van der Waals surface area (Å²) in [7, 11) is 0. The number of hydrogen-bond donors (Lipinski definition) is 2. The molecule has 0 fully saturated rings. The average Bonchev–Trinajstić information content (AvgIpc) is 2.47. The first-order chi connectivity index (χ1) is 11.6. The Hall–Kier alpha value is -2.81. The van der Waals surface area contributed by atoms with Crippen LogP contribution in [0.15, 0.2) is 30.6 Å². The van der Waals surface area contributed by atoms with Crippen molar-refractivity contribution in [1.29, 1.82) is 0 Å². The summed E-state index contributed by atoms with van der Waals surface area (Å²) >= 11 is 0. The van der Waals surface area contributed by atoms with Crippen molar-refractivity contribution >= 4 is 11.7 Å². The second kappa shape index (κ2) is 7.39. The number of aryl methyl sites for hydroxylation is 1. The molecule has 0 aliphatic rings. The van der Waals surface area contributed by atoms with E-state index < -0.39 is 18.3 Å². The molecule has 0 aliphatic heterocycles. The lowest BCUT2D eigenvalue weighted by Gasteiger charge is -2.26. The number of carbonyl (C=O) groups excluding carboxylic acids is 1. The van der Waals surface area contributed by atoms with Gasteiger partial charge >= 0.3 is 6.61 Å². The number of phenolic OH excluding ortho intramolecular Hbond substituents is 1. The molecule has 0 bridgehead atoms. The zero-order chi connectivity index (χ0) is 18.6. The average molecular weight is 353 g/mol. The number of nitrogens with zero attached hydrogens (tertiary/aromatic N) is 2. The zero-order valence-electron chi connectivity index (χ0n) is 13.8. The van der Waals surface area contributed by atoms with Crippen molar-refractivity contribution in [1.82, 2.24) is 9.97 Å². The van der Waals surface area contributed by atoms with Crippen LogP contribution in [0.3, 0.4) is 0 Å². The molecule has 0 radical (unpaired) electrons. The fourth-order valence-electron chi connectivity index (χ4n) is 1.94.